The molecule has 0 aliphatic carbocycles. The average Bonchev–Trinajstić information content (AvgIpc) is 3.09. The molecule has 0 bridgehead atoms. The van der Waals surface area contributed by atoms with Gasteiger partial charge in [-0.3, -0.25) is 9.69 Å². The number of hydrogen-bond acceptors (Lipinski definition) is 7. The van der Waals surface area contributed by atoms with E-state index in [9.17, 15) is 13.2 Å². The van der Waals surface area contributed by atoms with Gasteiger partial charge in [0.15, 0.2) is 21.6 Å². The van der Waals surface area contributed by atoms with Gasteiger partial charge < -0.3 is 9.64 Å². The Kier molecular flexibility index (Phi) is 6.97. The monoisotopic (exact) mass is 467 g/mol. The van der Waals surface area contributed by atoms with Crippen LogP contribution in [0.2, 0.25) is 5.02 Å². The first-order valence-corrected chi connectivity index (χ1v) is 12.2. The fourth-order valence-corrected chi connectivity index (χ4v) is 4.52. The zero-order chi connectivity index (χ0) is 21.9. The molecule has 0 unspecified atom stereocenters. The summed E-state index contributed by atoms with van der Waals surface area (Å²) in [5.74, 6) is 0.302. The lowest BCUT2D eigenvalue weighted by Gasteiger charge is -2.22. The number of ether oxygens (including phenoxy) is 1. The van der Waals surface area contributed by atoms with Crippen molar-refractivity contribution in [1.29, 1.82) is 0 Å². The van der Waals surface area contributed by atoms with Gasteiger partial charge in [-0.15, -0.1) is 0 Å². The summed E-state index contributed by atoms with van der Waals surface area (Å²) in [6, 6.07) is 11.6. The number of rotatable bonds is 8. The first-order valence-electron chi connectivity index (χ1n) is 9.07. The second-order valence-electron chi connectivity index (χ2n) is 6.99. The van der Waals surface area contributed by atoms with Crippen LogP contribution in [-0.4, -0.2) is 64.3 Å². The minimum atomic E-state index is -3.32. The Morgan fingerprint density at radius 3 is 2.47 bits per heavy atom. The Hall–Kier alpha value is -2.20. The molecule has 160 valence electrons. The second-order valence-corrected chi connectivity index (χ2v) is 10.5. The van der Waals surface area contributed by atoms with Crippen LogP contribution < -0.4 is 9.64 Å². The van der Waals surface area contributed by atoms with E-state index in [4.69, 9.17) is 16.3 Å². The van der Waals surface area contributed by atoms with Crippen LogP contribution in [0.25, 0.3) is 10.2 Å². The molecule has 0 fully saturated rings. The van der Waals surface area contributed by atoms with Crippen molar-refractivity contribution < 1.29 is 17.9 Å². The van der Waals surface area contributed by atoms with Gasteiger partial charge in [-0.2, -0.15) is 0 Å². The molecule has 1 amide bonds. The van der Waals surface area contributed by atoms with Crippen molar-refractivity contribution in [2.24, 2.45) is 0 Å². The van der Waals surface area contributed by atoms with E-state index in [1.165, 1.54) is 17.4 Å². The summed E-state index contributed by atoms with van der Waals surface area (Å²) in [6.45, 7) is 0.908. The van der Waals surface area contributed by atoms with E-state index in [1.54, 1.807) is 41.3 Å². The summed E-state index contributed by atoms with van der Waals surface area (Å²) in [7, 11) is 0.517. The van der Waals surface area contributed by atoms with Crippen molar-refractivity contribution >= 4 is 54.0 Å². The highest BCUT2D eigenvalue weighted by Gasteiger charge is 2.21. The van der Waals surface area contributed by atoms with E-state index in [0.29, 0.717) is 39.2 Å². The van der Waals surface area contributed by atoms with Crippen LogP contribution in [0.15, 0.2) is 47.4 Å². The maximum atomic E-state index is 12.9. The highest BCUT2D eigenvalue weighted by atomic mass is 35.5. The van der Waals surface area contributed by atoms with Gasteiger partial charge in [0.25, 0.3) is 5.91 Å². The Morgan fingerprint density at radius 2 is 1.83 bits per heavy atom. The molecule has 10 heteroatoms. The summed E-state index contributed by atoms with van der Waals surface area (Å²) >= 11 is 7.15. The van der Waals surface area contributed by atoms with E-state index in [-0.39, 0.29) is 17.4 Å². The fraction of sp³-hybridized carbons (Fsp3) is 0.300. The maximum Gasteiger partial charge on any atom is 0.266 e. The van der Waals surface area contributed by atoms with Gasteiger partial charge in [-0.25, -0.2) is 13.4 Å². The Labute approximate surface area is 184 Å². The number of carbonyl (C=O) groups is 1. The van der Waals surface area contributed by atoms with Crippen LogP contribution in [0, 0.1) is 0 Å². The molecule has 0 saturated carbocycles. The van der Waals surface area contributed by atoms with Gasteiger partial charge in [0.05, 0.1) is 15.1 Å². The molecule has 1 aromatic heterocycles. The maximum absolute atomic E-state index is 12.9. The van der Waals surface area contributed by atoms with Crippen molar-refractivity contribution in [2.75, 3.05) is 44.9 Å². The lowest BCUT2D eigenvalue weighted by Crippen LogP contribution is -2.39. The lowest BCUT2D eigenvalue weighted by atomic mass is 10.3. The molecule has 7 nitrogen and oxygen atoms in total. The number of aromatic nitrogens is 1. The second kappa shape index (κ2) is 9.30. The number of thiazole rings is 1. The predicted molar refractivity (Wildman–Crippen MR) is 121 cm³/mol. The van der Waals surface area contributed by atoms with Crippen molar-refractivity contribution in [1.82, 2.24) is 9.88 Å². The van der Waals surface area contributed by atoms with Gasteiger partial charge >= 0.3 is 0 Å². The van der Waals surface area contributed by atoms with Crippen LogP contribution >= 0.6 is 22.9 Å². The number of likely N-dealkylation sites (N-methyl/N-ethyl adjacent to an activating group) is 1. The van der Waals surface area contributed by atoms with Gasteiger partial charge in [-0.1, -0.05) is 22.9 Å². The molecule has 0 saturated heterocycles. The summed E-state index contributed by atoms with van der Waals surface area (Å²) in [5, 5.41) is 1.09. The van der Waals surface area contributed by atoms with Gasteiger partial charge in [0, 0.05) is 24.4 Å². The van der Waals surface area contributed by atoms with E-state index in [1.807, 2.05) is 19.0 Å². The molecule has 0 spiro atoms. The number of sulfone groups is 1. The zero-order valence-corrected chi connectivity index (χ0v) is 19.2. The minimum absolute atomic E-state index is 0.153. The Morgan fingerprint density at radius 1 is 1.13 bits per heavy atom. The zero-order valence-electron chi connectivity index (χ0n) is 16.8. The quantitative estimate of drug-likeness (QED) is 0.505. The van der Waals surface area contributed by atoms with Crippen LogP contribution in [-0.2, 0) is 14.6 Å². The third kappa shape index (κ3) is 5.69. The third-order valence-corrected chi connectivity index (χ3v) is 6.66. The number of nitrogens with zero attached hydrogens (tertiary/aromatic N) is 3. The minimum Gasteiger partial charge on any atom is -0.484 e. The smallest absolute Gasteiger partial charge is 0.266 e. The molecule has 0 radical (unpaired) electrons. The van der Waals surface area contributed by atoms with E-state index < -0.39 is 9.84 Å². The van der Waals surface area contributed by atoms with Crippen molar-refractivity contribution in [2.45, 2.75) is 4.90 Å². The Bertz CT molecular complexity index is 1140. The molecule has 3 rings (SSSR count). The van der Waals surface area contributed by atoms with Crippen molar-refractivity contribution in [3.05, 3.63) is 47.5 Å². The highest BCUT2D eigenvalue weighted by Crippen LogP contribution is 2.31. The molecule has 3 aromatic rings. The molecule has 0 N–H and O–H groups in total. The van der Waals surface area contributed by atoms with Crippen LogP contribution in [0.1, 0.15) is 0 Å². The Balaban J connectivity index is 1.84. The number of halogens is 1. The van der Waals surface area contributed by atoms with Gasteiger partial charge in [-0.05, 0) is 56.6 Å². The summed E-state index contributed by atoms with van der Waals surface area (Å²) in [4.78, 5) is 21.2. The van der Waals surface area contributed by atoms with Crippen LogP contribution in [0.4, 0.5) is 5.13 Å². The first-order chi connectivity index (χ1) is 14.1. The number of amides is 1. The average molecular weight is 468 g/mol. The van der Waals surface area contributed by atoms with Crippen molar-refractivity contribution in [3.63, 3.8) is 0 Å². The SMILES string of the molecule is CN(C)CCN(C(=O)COc1ccc(Cl)cc1)c1nc2ccc(S(C)(=O)=O)cc2s1. The summed E-state index contributed by atoms with van der Waals surface area (Å²) in [5.41, 5.74) is 0.642. The summed E-state index contributed by atoms with van der Waals surface area (Å²) < 4.78 is 30.0. The van der Waals surface area contributed by atoms with Crippen LogP contribution in [0.5, 0.6) is 5.75 Å². The fourth-order valence-electron chi connectivity index (χ4n) is 2.62. The number of anilines is 1. The van der Waals surface area contributed by atoms with E-state index >= 15 is 0 Å². The largest absolute Gasteiger partial charge is 0.484 e. The van der Waals surface area contributed by atoms with Crippen LogP contribution in [0.3, 0.4) is 0 Å². The molecule has 0 atom stereocenters. The number of carbonyl (C=O) groups excluding carboxylic acids is 1. The topological polar surface area (TPSA) is 79.8 Å². The predicted octanol–water partition coefficient (Wildman–Crippen LogP) is 3.33. The van der Waals surface area contributed by atoms with E-state index in [2.05, 4.69) is 4.98 Å². The third-order valence-electron chi connectivity index (χ3n) is 4.26. The van der Waals surface area contributed by atoms with Gasteiger partial charge in [0.1, 0.15) is 5.75 Å². The molecule has 1 heterocycles. The number of hydrogen-bond donors (Lipinski definition) is 0. The number of fused-ring (bicyclic) bond motifs is 1. The first kappa shape index (κ1) is 22.5. The molecular formula is C20H22ClN3O4S2. The molecule has 0 aliphatic heterocycles. The molecular weight excluding hydrogens is 446 g/mol. The summed E-state index contributed by atoms with van der Waals surface area (Å²) in [6.07, 6.45) is 1.16. The van der Waals surface area contributed by atoms with Crippen molar-refractivity contribution in [3.8, 4) is 5.75 Å². The lowest BCUT2D eigenvalue weighted by molar-refractivity contribution is -0.120. The molecule has 30 heavy (non-hydrogen) atoms. The van der Waals surface area contributed by atoms with Gasteiger partial charge in [0.2, 0.25) is 0 Å². The molecule has 2 aromatic carbocycles. The normalized spacial score (nSPS) is 11.8. The highest BCUT2D eigenvalue weighted by molar-refractivity contribution is 7.90. The number of benzene rings is 2. The standard InChI is InChI=1S/C20H22ClN3O4S2/c1-23(2)10-11-24(19(25)13-28-15-6-4-14(21)5-7-15)20-22-17-9-8-16(30(3,26)27)12-18(17)29-20/h4-9,12H,10-11,13H2,1-3H3. The molecule has 0 aliphatic rings. The van der Waals surface area contributed by atoms with E-state index in [0.717, 1.165) is 6.26 Å².